The number of rotatable bonds is 10. The van der Waals surface area contributed by atoms with Gasteiger partial charge in [-0.1, -0.05) is 38.0 Å². The zero-order valence-electron chi connectivity index (χ0n) is 16.8. The Morgan fingerprint density at radius 1 is 1.17 bits per heavy atom. The van der Waals surface area contributed by atoms with Crippen molar-refractivity contribution in [1.82, 2.24) is 14.9 Å². The molecule has 0 saturated carbocycles. The number of nitrogens with zero attached hydrogens (tertiary/aromatic N) is 1. The fourth-order valence-corrected chi connectivity index (χ4v) is 6.32. The Morgan fingerprint density at radius 3 is 2.72 bits per heavy atom. The molecule has 0 aliphatic carbocycles. The van der Waals surface area contributed by atoms with Crippen molar-refractivity contribution in [3.63, 3.8) is 0 Å². The van der Waals surface area contributed by atoms with Gasteiger partial charge in [-0.15, -0.1) is 11.3 Å². The molecule has 6 nitrogen and oxygen atoms in total. The summed E-state index contributed by atoms with van der Waals surface area (Å²) >= 11 is 1.22. The number of nitrogens with one attached hydrogen (secondary N) is 2. The van der Waals surface area contributed by atoms with Crippen molar-refractivity contribution in [3.05, 3.63) is 52.9 Å². The van der Waals surface area contributed by atoms with E-state index in [1.54, 1.807) is 28.6 Å². The fraction of sp³-hybridized carbons (Fsp3) is 0.476. The van der Waals surface area contributed by atoms with E-state index in [1.165, 1.54) is 24.2 Å². The van der Waals surface area contributed by atoms with Crippen molar-refractivity contribution in [3.8, 4) is 0 Å². The number of hydrogen-bond donors (Lipinski definition) is 2. The van der Waals surface area contributed by atoms with E-state index < -0.39 is 10.0 Å². The van der Waals surface area contributed by atoms with Gasteiger partial charge in [0.05, 0.1) is 6.54 Å². The van der Waals surface area contributed by atoms with Crippen molar-refractivity contribution >= 4 is 27.3 Å². The minimum atomic E-state index is -3.48. The average molecular weight is 436 g/mol. The molecule has 8 heteroatoms. The predicted octanol–water partition coefficient (Wildman–Crippen LogP) is 3.22. The normalized spacial score (nSPS) is 17.5. The first kappa shape index (κ1) is 22.0. The standard InChI is InChI=1S/C21H29N3O3S2/c1-2-3-7-13-22-18-12-14-24(16-18)29(26,27)20-11-10-19(28-20)15-23-21(25)17-8-5-4-6-9-17/h4-6,8-11,18,22H,2-3,7,12-16H2,1H3,(H,23,25). The number of carbonyl (C=O) groups is 1. The summed E-state index contributed by atoms with van der Waals surface area (Å²) in [6, 6.07) is 12.6. The van der Waals surface area contributed by atoms with Crippen LogP contribution < -0.4 is 10.6 Å². The topological polar surface area (TPSA) is 78.5 Å². The van der Waals surface area contributed by atoms with Gasteiger partial charge in [0.2, 0.25) is 0 Å². The molecule has 1 saturated heterocycles. The predicted molar refractivity (Wildman–Crippen MR) is 117 cm³/mol. The molecule has 1 amide bonds. The highest BCUT2D eigenvalue weighted by Gasteiger charge is 2.33. The van der Waals surface area contributed by atoms with Gasteiger partial charge in [0.25, 0.3) is 15.9 Å². The number of hydrogen-bond acceptors (Lipinski definition) is 5. The van der Waals surface area contributed by atoms with Crippen LogP contribution in [0.3, 0.4) is 0 Å². The summed E-state index contributed by atoms with van der Waals surface area (Å²) in [7, 11) is -3.48. The van der Waals surface area contributed by atoms with Gasteiger partial charge < -0.3 is 10.6 Å². The maximum absolute atomic E-state index is 13.0. The van der Waals surface area contributed by atoms with Crippen molar-refractivity contribution < 1.29 is 13.2 Å². The van der Waals surface area contributed by atoms with Gasteiger partial charge in [0.1, 0.15) is 4.21 Å². The fourth-order valence-electron chi connectivity index (χ4n) is 3.37. The molecule has 2 aromatic rings. The van der Waals surface area contributed by atoms with Crippen LogP contribution in [0.25, 0.3) is 0 Å². The lowest BCUT2D eigenvalue weighted by Gasteiger charge is -2.16. The van der Waals surface area contributed by atoms with Crippen molar-refractivity contribution in [1.29, 1.82) is 0 Å². The Kier molecular flexibility index (Phi) is 7.83. The molecule has 2 heterocycles. The van der Waals surface area contributed by atoms with Crippen LogP contribution in [0.1, 0.15) is 47.8 Å². The Labute approximate surface area is 177 Å². The zero-order chi connectivity index (χ0) is 20.7. The molecular weight excluding hydrogens is 406 g/mol. The van der Waals surface area contributed by atoms with Gasteiger partial charge >= 0.3 is 0 Å². The lowest BCUT2D eigenvalue weighted by Crippen LogP contribution is -2.35. The highest BCUT2D eigenvalue weighted by atomic mass is 32.2. The number of amides is 1. The van der Waals surface area contributed by atoms with Gasteiger partial charge in [-0.2, -0.15) is 4.31 Å². The van der Waals surface area contributed by atoms with Crippen LogP contribution >= 0.6 is 11.3 Å². The summed E-state index contributed by atoms with van der Waals surface area (Å²) in [5.74, 6) is -0.167. The maximum Gasteiger partial charge on any atom is 0.252 e. The van der Waals surface area contributed by atoms with Crippen LogP contribution in [0.15, 0.2) is 46.7 Å². The van der Waals surface area contributed by atoms with Crippen molar-refractivity contribution in [2.45, 2.75) is 49.4 Å². The monoisotopic (exact) mass is 435 g/mol. The summed E-state index contributed by atoms with van der Waals surface area (Å²) in [6.45, 7) is 4.50. The molecule has 1 aromatic heterocycles. The molecule has 0 radical (unpaired) electrons. The van der Waals surface area contributed by atoms with Crippen LogP contribution in [-0.2, 0) is 16.6 Å². The summed E-state index contributed by atoms with van der Waals surface area (Å²) < 4.78 is 27.8. The highest BCUT2D eigenvalue weighted by molar-refractivity contribution is 7.91. The molecule has 1 fully saturated rings. The molecule has 1 aliphatic heterocycles. The Balaban J connectivity index is 1.53. The largest absolute Gasteiger partial charge is 0.347 e. The molecule has 2 N–H and O–H groups in total. The lowest BCUT2D eigenvalue weighted by molar-refractivity contribution is 0.0951. The van der Waals surface area contributed by atoms with E-state index in [9.17, 15) is 13.2 Å². The van der Waals surface area contributed by atoms with Gasteiger partial charge in [0.15, 0.2) is 0 Å². The van der Waals surface area contributed by atoms with Gasteiger partial charge in [-0.3, -0.25) is 4.79 Å². The van der Waals surface area contributed by atoms with Crippen molar-refractivity contribution in [2.24, 2.45) is 0 Å². The number of sulfonamides is 1. The first-order valence-corrected chi connectivity index (χ1v) is 12.4. The summed E-state index contributed by atoms with van der Waals surface area (Å²) in [5.41, 5.74) is 0.589. The molecule has 0 spiro atoms. The molecule has 1 atom stereocenters. The van der Waals surface area contributed by atoms with E-state index in [0.717, 1.165) is 24.3 Å². The summed E-state index contributed by atoms with van der Waals surface area (Å²) in [6.07, 6.45) is 4.35. The van der Waals surface area contributed by atoms with Crippen molar-refractivity contribution in [2.75, 3.05) is 19.6 Å². The van der Waals surface area contributed by atoms with Crippen LogP contribution in [0.2, 0.25) is 0 Å². The Hall–Kier alpha value is -1.74. The van der Waals surface area contributed by atoms with E-state index >= 15 is 0 Å². The second-order valence-electron chi connectivity index (χ2n) is 7.28. The van der Waals surface area contributed by atoms with Crippen LogP contribution in [-0.4, -0.2) is 44.3 Å². The number of carbonyl (C=O) groups excluding carboxylic acids is 1. The molecule has 29 heavy (non-hydrogen) atoms. The number of thiophene rings is 1. The zero-order valence-corrected chi connectivity index (χ0v) is 18.4. The van der Waals surface area contributed by atoms with Gasteiger partial charge in [-0.25, -0.2) is 8.42 Å². The van der Waals surface area contributed by atoms with Crippen LogP contribution in [0.5, 0.6) is 0 Å². The van der Waals surface area contributed by atoms with E-state index in [4.69, 9.17) is 0 Å². The van der Waals surface area contributed by atoms with E-state index in [0.29, 0.717) is 29.4 Å². The number of benzene rings is 1. The molecule has 158 valence electrons. The molecule has 1 aromatic carbocycles. The number of unbranched alkanes of at least 4 members (excludes halogenated alkanes) is 2. The van der Waals surface area contributed by atoms with Gasteiger partial charge in [0, 0.05) is 29.6 Å². The van der Waals surface area contributed by atoms with E-state index in [-0.39, 0.29) is 11.9 Å². The second kappa shape index (κ2) is 10.3. The average Bonchev–Trinajstić information content (AvgIpc) is 3.40. The second-order valence-corrected chi connectivity index (χ2v) is 10.6. The SMILES string of the molecule is CCCCCNC1CCN(S(=O)(=O)c2ccc(CNC(=O)c3ccccc3)s2)C1. The third-order valence-corrected chi connectivity index (χ3v) is 8.47. The van der Waals surface area contributed by atoms with Crippen LogP contribution in [0.4, 0.5) is 0 Å². The molecule has 1 unspecified atom stereocenters. The Morgan fingerprint density at radius 2 is 1.97 bits per heavy atom. The first-order chi connectivity index (χ1) is 14.0. The molecule has 1 aliphatic rings. The van der Waals surface area contributed by atoms with Crippen LogP contribution in [0, 0.1) is 0 Å². The third-order valence-electron chi connectivity index (χ3n) is 5.05. The van der Waals surface area contributed by atoms with E-state index in [1.807, 2.05) is 18.2 Å². The lowest BCUT2D eigenvalue weighted by atomic mass is 10.2. The minimum absolute atomic E-state index is 0.167. The van der Waals surface area contributed by atoms with E-state index in [2.05, 4.69) is 17.6 Å². The Bertz CT molecular complexity index is 897. The quantitative estimate of drug-likeness (QED) is 0.562. The minimum Gasteiger partial charge on any atom is -0.347 e. The maximum atomic E-state index is 13.0. The molecule has 0 bridgehead atoms. The summed E-state index contributed by atoms with van der Waals surface area (Å²) in [5, 5.41) is 6.32. The highest BCUT2D eigenvalue weighted by Crippen LogP contribution is 2.27. The third kappa shape index (κ3) is 5.88. The molecular formula is C21H29N3O3S2. The smallest absolute Gasteiger partial charge is 0.252 e. The summed E-state index contributed by atoms with van der Waals surface area (Å²) in [4.78, 5) is 13.0. The molecule has 3 rings (SSSR count). The van der Waals surface area contributed by atoms with Gasteiger partial charge in [-0.05, 0) is 43.7 Å². The first-order valence-electron chi connectivity index (χ1n) is 10.2.